The van der Waals surface area contributed by atoms with Gasteiger partial charge < -0.3 is 5.32 Å². The molecule has 0 fully saturated rings. The molecule has 4 rings (SSSR count). The van der Waals surface area contributed by atoms with Crippen molar-refractivity contribution in [3.63, 3.8) is 0 Å². The van der Waals surface area contributed by atoms with Crippen molar-refractivity contribution >= 4 is 0 Å². The maximum absolute atomic E-state index is 4.78. The third-order valence-electron chi connectivity index (χ3n) is 4.36. The first-order valence-corrected chi connectivity index (χ1v) is 8.29. The molecular formula is C19H19N5. The zero-order valence-corrected chi connectivity index (χ0v) is 13.4. The summed E-state index contributed by atoms with van der Waals surface area (Å²) in [5, 5.41) is 3.60. The van der Waals surface area contributed by atoms with Crippen LogP contribution in [0.25, 0.3) is 11.4 Å². The fraction of sp³-hybridized carbons (Fsp3) is 0.263. The number of hydrogen-bond donors (Lipinski definition) is 1. The molecule has 5 nitrogen and oxygen atoms in total. The van der Waals surface area contributed by atoms with Gasteiger partial charge in [-0.2, -0.15) is 0 Å². The molecule has 0 radical (unpaired) electrons. The van der Waals surface area contributed by atoms with E-state index in [4.69, 9.17) is 4.98 Å². The molecule has 1 atom stereocenters. The third kappa shape index (κ3) is 3.16. The van der Waals surface area contributed by atoms with Crippen LogP contribution in [0.4, 0.5) is 0 Å². The Morgan fingerprint density at radius 1 is 1.04 bits per heavy atom. The number of nitrogens with one attached hydrogen (secondary N) is 1. The van der Waals surface area contributed by atoms with Crippen molar-refractivity contribution in [3.05, 3.63) is 72.1 Å². The second-order valence-corrected chi connectivity index (χ2v) is 5.98. The Bertz CT molecular complexity index is 805. The summed E-state index contributed by atoms with van der Waals surface area (Å²) in [5.74, 6) is 0.757. The van der Waals surface area contributed by atoms with E-state index in [1.54, 1.807) is 12.4 Å². The number of nitrogens with zero attached hydrogens (tertiary/aromatic N) is 4. The maximum Gasteiger partial charge on any atom is 0.160 e. The Morgan fingerprint density at radius 2 is 2.04 bits per heavy atom. The quantitative estimate of drug-likeness (QED) is 0.801. The molecule has 0 amide bonds. The van der Waals surface area contributed by atoms with Crippen LogP contribution in [0.2, 0.25) is 0 Å². The molecule has 1 unspecified atom stereocenters. The molecule has 1 aliphatic carbocycles. The van der Waals surface area contributed by atoms with Crippen LogP contribution >= 0.6 is 0 Å². The third-order valence-corrected chi connectivity index (χ3v) is 4.36. The summed E-state index contributed by atoms with van der Waals surface area (Å²) in [5.41, 5.74) is 4.37. The van der Waals surface area contributed by atoms with E-state index < -0.39 is 0 Å². The molecule has 1 aliphatic rings. The Labute approximate surface area is 141 Å². The summed E-state index contributed by atoms with van der Waals surface area (Å²) in [7, 11) is 0. The largest absolute Gasteiger partial charge is 0.304 e. The molecule has 0 aliphatic heterocycles. The van der Waals surface area contributed by atoms with Gasteiger partial charge in [0.2, 0.25) is 0 Å². The van der Waals surface area contributed by atoms with Gasteiger partial charge in [0.1, 0.15) is 0 Å². The molecule has 24 heavy (non-hydrogen) atoms. The molecule has 1 N–H and O–H groups in total. The van der Waals surface area contributed by atoms with Gasteiger partial charge in [0.25, 0.3) is 0 Å². The van der Waals surface area contributed by atoms with Crippen LogP contribution in [0.3, 0.4) is 0 Å². The van der Waals surface area contributed by atoms with Crippen molar-refractivity contribution in [3.8, 4) is 11.4 Å². The van der Waals surface area contributed by atoms with E-state index in [0.29, 0.717) is 6.04 Å². The molecule has 120 valence electrons. The Hall–Kier alpha value is -2.66. The van der Waals surface area contributed by atoms with Gasteiger partial charge in [-0.05, 0) is 43.5 Å². The number of rotatable bonds is 4. The van der Waals surface area contributed by atoms with Crippen molar-refractivity contribution in [1.29, 1.82) is 0 Å². The van der Waals surface area contributed by atoms with E-state index in [2.05, 4.69) is 20.3 Å². The van der Waals surface area contributed by atoms with Gasteiger partial charge >= 0.3 is 0 Å². The van der Waals surface area contributed by atoms with Gasteiger partial charge in [-0.15, -0.1) is 0 Å². The second kappa shape index (κ2) is 6.84. The molecule has 5 heteroatoms. The van der Waals surface area contributed by atoms with Gasteiger partial charge in [-0.25, -0.2) is 9.97 Å². The van der Waals surface area contributed by atoms with Crippen molar-refractivity contribution in [2.75, 3.05) is 0 Å². The second-order valence-electron chi connectivity index (χ2n) is 5.98. The van der Waals surface area contributed by atoms with Crippen LogP contribution < -0.4 is 5.32 Å². The van der Waals surface area contributed by atoms with Crippen LogP contribution in [0.5, 0.6) is 0 Å². The van der Waals surface area contributed by atoms with Crippen LogP contribution in [0.1, 0.15) is 35.8 Å². The maximum atomic E-state index is 4.78. The molecule has 0 saturated carbocycles. The van der Waals surface area contributed by atoms with Crippen molar-refractivity contribution in [2.24, 2.45) is 0 Å². The zero-order chi connectivity index (χ0) is 16.2. The minimum Gasteiger partial charge on any atom is -0.304 e. The molecule has 3 aromatic rings. The average molecular weight is 317 g/mol. The van der Waals surface area contributed by atoms with Gasteiger partial charge in [-0.1, -0.05) is 6.07 Å². The monoisotopic (exact) mass is 317 g/mol. The fourth-order valence-corrected chi connectivity index (χ4v) is 3.12. The fourth-order valence-electron chi connectivity index (χ4n) is 3.12. The average Bonchev–Trinajstić information content (AvgIpc) is 2.67. The smallest absolute Gasteiger partial charge is 0.160 e. The Kier molecular flexibility index (Phi) is 4.25. The van der Waals surface area contributed by atoms with Crippen molar-refractivity contribution in [2.45, 2.75) is 31.8 Å². The molecule has 0 spiro atoms. The summed E-state index contributed by atoms with van der Waals surface area (Å²) in [6.07, 6.45) is 10.6. The molecule has 0 aromatic carbocycles. The highest BCUT2D eigenvalue weighted by Gasteiger charge is 2.22. The van der Waals surface area contributed by atoms with E-state index in [0.717, 1.165) is 48.6 Å². The highest BCUT2D eigenvalue weighted by Crippen LogP contribution is 2.29. The Morgan fingerprint density at radius 3 is 2.88 bits per heavy atom. The van der Waals surface area contributed by atoms with Gasteiger partial charge in [0.15, 0.2) is 5.82 Å². The lowest BCUT2D eigenvalue weighted by atomic mass is 9.92. The summed E-state index contributed by atoms with van der Waals surface area (Å²) in [6, 6.07) is 10.2. The van der Waals surface area contributed by atoms with Crippen LogP contribution in [0.15, 0.2) is 55.1 Å². The van der Waals surface area contributed by atoms with E-state index in [-0.39, 0.29) is 0 Å². The lowest BCUT2D eigenvalue weighted by Gasteiger charge is -2.25. The molecule has 3 heterocycles. The van der Waals surface area contributed by atoms with Gasteiger partial charge in [-0.3, -0.25) is 9.97 Å². The summed E-state index contributed by atoms with van der Waals surface area (Å²) in [6.45, 7) is 0.759. The number of pyridine rings is 2. The summed E-state index contributed by atoms with van der Waals surface area (Å²) >= 11 is 0. The van der Waals surface area contributed by atoms with Crippen LogP contribution in [-0.2, 0) is 13.0 Å². The Balaban J connectivity index is 1.55. The first kappa shape index (κ1) is 14.9. The van der Waals surface area contributed by atoms with E-state index in [1.807, 2.05) is 42.7 Å². The molecular weight excluding hydrogens is 298 g/mol. The predicted octanol–water partition coefficient (Wildman–Crippen LogP) is 3.10. The number of aromatic nitrogens is 4. The van der Waals surface area contributed by atoms with E-state index >= 15 is 0 Å². The first-order chi connectivity index (χ1) is 11.9. The van der Waals surface area contributed by atoms with Crippen LogP contribution in [-0.4, -0.2) is 19.9 Å². The highest BCUT2D eigenvalue weighted by molar-refractivity contribution is 5.53. The number of fused-ring (bicyclic) bond motifs is 1. The predicted molar refractivity (Wildman–Crippen MR) is 92.0 cm³/mol. The van der Waals surface area contributed by atoms with Crippen LogP contribution in [0, 0.1) is 0 Å². The van der Waals surface area contributed by atoms with Gasteiger partial charge in [0.05, 0.1) is 5.69 Å². The van der Waals surface area contributed by atoms with E-state index in [1.165, 1.54) is 5.56 Å². The molecule has 0 bridgehead atoms. The normalized spacial score (nSPS) is 16.6. The minimum absolute atomic E-state index is 0.290. The summed E-state index contributed by atoms with van der Waals surface area (Å²) in [4.78, 5) is 17.9. The van der Waals surface area contributed by atoms with E-state index in [9.17, 15) is 0 Å². The SMILES string of the molecule is c1ccc(CNC2CCCc3nc(-c4cccnc4)ncc32)nc1. The first-order valence-electron chi connectivity index (χ1n) is 8.29. The topological polar surface area (TPSA) is 63.6 Å². The zero-order valence-electron chi connectivity index (χ0n) is 13.4. The molecule has 0 saturated heterocycles. The lowest BCUT2D eigenvalue weighted by molar-refractivity contribution is 0.449. The minimum atomic E-state index is 0.290. The lowest BCUT2D eigenvalue weighted by Crippen LogP contribution is -2.26. The number of hydrogen-bond acceptors (Lipinski definition) is 5. The number of aryl methyl sites for hydroxylation is 1. The highest BCUT2D eigenvalue weighted by atomic mass is 15.0. The summed E-state index contributed by atoms with van der Waals surface area (Å²) < 4.78 is 0. The standard InChI is InChI=1S/C19H19N5/c1-2-10-21-15(6-1)12-22-17-7-3-8-18-16(17)13-23-19(24-18)14-5-4-9-20-11-14/h1-2,4-6,9-11,13,17,22H,3,7-8,12H2. The van der Waals surface area contributed by atoms with Gasteiger partial charge in [0, 0.05) is 54.2 Å². The van der Waals surface area contributed by atoms with Crippen molar-refractivity contribution < 1.29 is 0 Å². The van der Waals surface area contributed by atoms with Crippen molar-refractivity contribution in [1.82, 2.24) is 25.3 Å². The molecule has 3 aromatic heterocycles.